The molecule has 1 heterocycles. The fourth-order valence-corrected chi connectivity index (χ4v) is 2.47. The minimum atomic E-state index is -0.248. The van der Waals surface area contributed by atoms with Gasteiger partial charge in [0.2, 0.25) is 0 Å². The van der Waals surface area contributed by atoms with Crippen LogP contribution in [0.5, 0.6) is 0 Å². The van der Waals surface area contributed by atoms with Gasteiger partial charge >= 0.3 is 0 Å². The molecule has 0 radical (unpaired) electrons. The van der Waals surface area contributed by atoms with Crippen LogP contribution in [0.25, 0.3) is 0 Å². The van der Waals surface area contributed by atoms with Crippen molar-refractivity contribution in [1.82, 2.24) is 14.8 Å². The number of hydrogen-bond acceptors (Lipinski definition) is 4. The molecular formula is C12H15FN4S. The molecule has 0 aliphatic heterocycles. The highest BCUT2D eigenvalue weighted by Gasteiger charge is 2.07. The standard InChI is InChI=1S/C12H15FN4S/c1-8-15-16-12(17(8)2)18-7-10-3-9(6-14)4-11(13)5-10/h3-5H,6-7,14H2,1-2H3. The lowest BCUT2D eigenvalue weighted by molar-refractivity contribution is 0.624. The van der Waals surface area contributed by atoms with Crippen LogP contribution >= 0.6 is 11.8 Å². The maximum Gasteiger partial charge on any atom is 0.191 e. The molecule has 0 saturated heterocycles. The smallest absolute Gasteiger partial charge is 0.191 e. The first-order valence-electron chi connectivity index (χ1n) is 5.57. The van der Waals surface area contributed by atoms with Crippen LogP contribution < -0.4 is 5.73 Å². The van der Waals surface area contributed by atoms with Gasteiger partial charge in [0.15, 0.2) is 5.16 Å². The summed E-state index contributed by atoms with van der Waals surface area (Å²) in [6.07, 6.45) is 0. The molecular weight excluding hydrogens is 251 g/mol. The van der Waals surface area contributed by atoms with Crippen LogP contribution in [-0.2, 0) is 19.3 Å². The first kappa shape index (κ1) is 13.0. The van der Waals surface area contributed by atoms with Gasteiger partial charge < -0.3 is 10.3 Å². The molecule has 0 atom stereocenters. The van der Waals surface area contributed by atoms with E-state index >= 15 is 0 Å². The fourth-order valence-electron chi connectivity index (χ4n) is 1.58. The van der Waals surface area contributed by atoms with Crippen molar-refractivity contribution in [3.8, 4) is 0 Å². The molecule has 0 aliphatic rings. The molecule has 0 aliphatic carbocycles. The predicted molar refractivity (Wildman–Crippen MR) is 69.6 cm³/mol. The summed E-state index contributed by atoms with van der Waals surface area (Å²) < 4.78 is 15.2. The molecule has 4 nitrogen and oxygen atoms in total. The normalized spacial score (nSPS) is 10.9. The highest BCUT2D eigenvalue weighted by molar-refractivity contribution is 7.98. The molecule has 0 saturated carbocycles. The molecule has 1 aromatic carbocycles. The molecule has 0 amide bonds. The van der Waals surface area contributed by atoms with E-state index in [9.17, 15) is 4.39 Å². The van der Waals surface area contributed by atoms with Gasteiger partial charge in [-0.15, -0.1) is 10.2 Å². The van der Waals surface area contributed by atoms with Crippen LogP contribution in [0.3, 0.4) is 0 Å². The van der Waals surface area contributed by atoms with E-state index in [-0.39, 0.29) is 5.82 Å². The molecule has 0 spiro atoms. The van der Waals surface area contributed by atoms with Crippen molar-refractivity contribution < 1.29 is 4.39 Å². The minimum absolute atomic E-state index is 0.248. The van der Waals surface area contributed by atoms with Crippen molar-refractivity contribution in [3.05, 3.63) is 41.0 Å². The van der Waals surface area contributed by atoms with Gasteiger partial charge in [0.05, 0.1) is 0 Å². The van der Waals surface area contributed by atoms with Gasteiger partial charge in [-0.05, 0) is 30.2 Å². The molecule has 2 aromatic rings. The van der Waals surface area contributed by atoms with Crippen LogP contribution in [0.2, 0.25) is 0 Å². The highest BCUT2D eigenvalue weighted by atomic mass is 32.2. The number of nitrogens with two attached hydrogens (primary N) is 1. The molecule has 2 rings (SSSR count). The zero-order chi connectivity index (χ0) is 13.1. The monoisotopic (exact) mass is 266 g/mol. The highest BCUT2D eigenvalue weighted by Crippen LogP contribution is 2.22. The zero-order valence-corrected chi connectivity index (χ0v) is 11.2. The lowest BCUT2D eigenvalue weighted by Gasteiger charge is -2.04. The lowest BCUT2D eigenvalue weighted by atomic mass is 10.1. The summed E-state index contributed by atoms with van der Waals surface area (Å²) in [5, 5.41) is 8.86. The van der Waals surface area contributed by atoms with E-state index < -0.39 is 0 Å². The Morgan fingerprint density at radius 3 is 2.61 bits per heavy atom. The molecule has 0 unspecified atom stereocenters. The van der Waals surface area contributed by atoms with E-state index in [4.69, 9.17) is 5.73 Å². The quantitative estimate of drug-likeness (QED) is 0.860. The Balaban J connectivity index is 2.10. The summed E-state index contributed by atoms with van der Waals surface area (Å²) in [6, 6.07) is 4.90. The second-order valence-electron chi connectivity index (χ2n) is 4.05. The van der Waals surface area contributed by atoms with Gasteiger partial charge in [-0.2, -0.15) is 0 Å². The topological polar surface area (TPSA) is 56.7 Å². The van der Waals surface area contributed by atoms with Crippen molar-refractivity contribution in [2.45, 2.75) is 24.4 Å². The maximum absolute atomic E-state index is 13.3. The van der Waals surface area contributed by atoms with E-state index in [1.165, 1.54) is 23.9 Å². The number of rotatable bonds is 4. The number of aryl methyl sites for hydroxylation is 1. The molecule has 2 N–H and O–H groups in total. The summed E-state index contributed by atoms with van der Waals surface area (Å²) >= 11 is 1.53. The Bertz CT molecular complexity index is 553. The zero-order valence-electron chi connectivity index (χ0n) is 10.4. The van der Waals surface area contributed by atoms with Crippen LogP contribution in [0.1, 0.15) is 17.0 Å². The van der Waals surface area contributed by atoms with E-state index in [2.05, 4.69) is 10.2 Å². The first-order chi connectivity index (χ1) is 8.60. The second-order valence-corrected chi connectivity index (χ2v) is 4.99. The number of aromatic nitrogens is 3. The largest absolute Gasteiger partial charge is 0.326 e. The third kappa shape index (κ3) is 2.88. The Morgan fingerprint density at radius 2 is 2.00 bits per heavy atom. The van der Waals surface area contributed by atoms with Crippen molar-refractivity contribution in [1.29, 1.82) is 0 Å². The van der Waals surface area contributed by atoms with Crippen LogP contribution in [0, 0.1) is 12.7 Å². The van der Waals surface area contributed by atoms with Crippen molar-refractivity contribution in [2.75, 3.05) is 0 Å². The van der Waals surface area contributed by atoms with Gasteiger partial charge in [-0.1, -0.05) is 17.8 Å². The summed E-state index contributed by atoms with van der Waals surface area (Å²) in [5.74, 6) is 1.26. The van der Waals surface area contributed by atoms with Gasteiger partial charge in [0.25, 0.3) is 0 Å². The van der Waals surface area contributed by atoms with Crippen molar-refractivity contribution in [3.63, 3.8) is 0 Å². The third-order valence-electron chi connectivity index (χ3n) is 2.67. The summed E-state index contributed by atoms with van der Waals surface area (Å²) in [7, 11) is 1.91. The van der Waals surface area contributed by atoms with E-state index in [0.717, 1.165) is 22.1 Å². The Morgan fingerprint density at radius 1 is 1.28 bits per heavy atom. The maximum atomic E-state index is 13.3. The van der Waals surface area contributed by atoms with Crippen molar-refractivity contribution in [2.24, 2.45) is 12.8 Å². The number of halogens is 1. The van der Waals surface area contributed by atoms with Crippen LogP contribution in [0.4, 0.5) is 4.39 Å². The Kier molecular flexibility index (Phi) is 3.98. The lowest BCUT2D eigenvalue weighted by Crippen LogP contribution is -1.99. The molecule has 18 heavy (non-hydrogen) atoms. The average molecular weight is 266 g/mol. The SMILES string of the molecule is Cc1nnc(SCc2cc(F)cc(CN)c2)n1C. The van der Waals surface area contributed by atoms with Crippen molar-refractivity contribution >= 4 is 11.8 Å². The van der Waals surface area contributed by atoms with E-state index in [0.29, 0.717) is 12.3 Å². The number of hydrogen-bond donors (Lipinski definition) is 1. The molecule has 1 aromatic heterocycles. The number of nitrogens with zero attached hydrogens (tertiary/aromatic N) is 3. The molecule has 6 heteroatoms. The fraction of sp³-hybridized carbons (Fsp3) is 0.333. The summed E-state index contributed by atoms with van der Waals surface area (Å²) in [6.45, 7) is 2.24. The molecule has 0 fully saturated rings. The average Bonchev–Trinajstić information content (AvgIpc) is 2.67. The Labute approximate surface area is 109 Å². The summed E-state index contributed by atoms with van der Waals surface area (Å²) in [4.78, 5) is 0. The second kappa shape index (κ2) is 5.49. The van der Waals surface area contributed by atoms with Gasteiger partial charge in [-0.25, -0.2) is 4.39 Å². The van der Waals surface area contributed by atoms with Crippen LogP contribution in [0.15, 0.2) is 23.4 Å². The van der Waals surface area contributed by atoms with Crippen LogP contribution in [-0.4, -0.2) is 14.8 Å². The van der Waals surface area contributed by atoms with Gasteiger partial charge in [0, 0.05) is 19.3 Å². The van der Waals surface area contributed by atoms with Gasteiger partial charge in [0.1, 0.15) is 11.6 Å². The molecule has 96 valence electrons. The third-order valence-corrected chi connectivity index (χ3v) is 3.76. The summed E-state index contributed by atoms with van der Waals surface area (Å²) in [5.41, 5.74) is 7.23. The van der Waals surface area contributed by atoms with E-state index in [1.54, 1.807) is 0 Å². The number of benzene rings is 1. The minimum Gasteiger partial charge on any atom is -0.326 e. The number of thioether (sulfide) groups is 1. The molecule has 0 bridgehead atoms. The van der Waals surface area contributed by atoms with Gasteiger partial charge in [-0.3, -0.25) is 0 Å². The van der Waals surface area contributed by atoms with E-state index in [1.807, 2.05) is 24.6 Å². The first-order valence-corrected chi connectivity index (χ1v) is 6.56. The Hall–Kier alpha value is -1.40. The predicted octanol–water partition coefficient (Wildman–Crippen LogP) is 2.01.